The highest BCUT2D eigenvalue weighted by Crippen LogP contribution is 2.34. The maximum Gasteiger partial charge on any atom is 0.345 e. The number of H-pyrrole nitrogens is 1. The Bertz CT molecular complexity index is 1710. The van der Waals surface area contributed by atoms with Gasteiger partial charge in [0, 0.05) is 27.1 Å². The summed E-state index contributed by atoms with van der Waals surface area (Å²) in [5, 5.41) is 5.72. The molecule has 5 aromatic rings. The number of nitrogens with one attached hydrogen (secondary N) is 2. The van der Waals surface area contributed by atoms with E-state index < -0.39 is 11.9 Å². The summed E-state index contributed by atoms with van der Waals surface area (Å²) >= 11 is 12.1. The topological polar surface area (TPSA) is 83.5 Å². The van der Waals surface area contributed by atoms with Gasteiger partial charge in [0.2, 0.25) is 0 Å². The molecule has 0 aliphatic rings. The van der Waals surface area contributed by atoms with E-state index in [9.17, 15) is 9.59 Å². The van der Waals surface area contributed by atoms with Gasteiger partial charge in [0.05, 0.1) is 16.8 Å². The molecule has 1 heterocycles. The molecule has 0 saturated heterocycles. The van der Waals surface area contributed by atoms with Gasteiger partial charge in [0.15, 0.2) is 0 Å². The number of ether oxygens (including phenoxy) is 1. The second kappa shape index (κ2) is 11.6. The van der Waals surface area contributed by atoms with Gasteiger partial charge in [-0.1, -0.05) is 90.8 Å². The van der Waals surface area contributed by atoms with Crippen LogP contribution in [0.25, 0.3) is 22.0 Å². The summed E-state index contributed by atoms with van der Waals surface area (Å²) in [5.41, 5.74) is 7.45. The Morgan fingerprint density at radius 1 is 0.949 bits per heavy atom. The fourth-order valence-corrected chi connectivity index (χ4v) is 4.84. The lowest BCUT2D eigenvalue weighted by molar-refractivity contribution is 0.0734. The molecule has 8 heteroatoms. The summed E-state index contributed by atoms with van der Waals surface area (Å²) in [6.45, 7) is 2.08. The van der Waals surface area contributed by atoms with Crippen LogP contribution in [0, 0.1) is 0 Å². The molecule has 1 aromatic heterocycles. The van der Waals surface area contributed by atoms with Crippen LogP contribution in [0.5, 0.6) is 5.75 Å². The van der Waals surface area contributed by atoms with E-state index in [0.29, 0.717) is 16.3 Å². The molecule has 0 saturated carbocycles. The smallest absolute Gasteiger partial charge is 0.345 e. The number of carbonyl (C=O) groups excluding carboxylic acids is 2. The number of carbonyl (C=O) groups is 2. The Morgan fingerprint density at radius 3 is 2.49 bits per heavy atom. The monoisotopic (exact) mass is 555 g/mol. The molecule has 0 unspecified atom stereocenters. The van der Waals surface area contributed by atoms with Crippen molar-refractivity contribution in [1.82, 2.24) is 10.4 Å². The summed E-state index contributed by atoms with van der Waals surface area (Å²) in [6, 6.07) is 27.2. The van der Waals surface area contributed by atoms with Crippen molar-refractivity contribution in [3.8, 4) is 16.9 Å². The van der Waals surface area contributed by atoms with Crippen molar-refractivity contribution >= 4 is 52.2 Å². The van der Waals surface area contributed by atoms with E-state index in [1.54, 1.807) is 30.3 Å². The van der Waals surface area contributed by atoms with Gasteiger partial charge in [-0.05, 0) is 47.9 Å². The van der Waals surface area contributed by atoms with Gasteiger partial charge in [-0.2, -0.15) is 5.10 Å². The third-order valence-corrected chi connectivity index (χ3v) is 6.78. The quantitative estimate of drug-likeness (QED) is 0.0933. The highest BCUT2D eigenvalue weighted by molar-refractivity contribution is 6.36. The molecular weight excluding hydrogens is 533 g/mol. The van der Waals surface area contributed by atoms with Gasteiger partial charge in [-0.25, -0.2) is 10.2 Å². The zero-order chi connectivity index (χ0) is 27.4. The number of rotatable bonds is 7. The van der Waals surface area contributed by atoms with Gasteiger partial charge in [0.25, 0.3) is 5.91 Å². The number of fused-ring (bicyclic) bond motifs is 1. The zero-order valence-electron chi connectivity index (χ0n) is 20.9. The van der Waals surface area contributed by atoms with E-state index in [1.807, 2.05) is 48.5 Å². The Balaban J connectivity index is 1.41. The van der Waals surface area contributed by atoms with E-state index in [-0.39, 0.29) is 16.3 Å². The minimum absolute atomic E-state index is 0.180. The maximum atomic E-state index is 13.3. The highest BCUT2D eigenvalue weighted by Gasteiger charge is 2.20. The average Bonchev–Trinajstić information content (AvgIpc) is 3.34. The highest BCUT2D eigenvalue weighted by atomic mass is 35.5. The van der Waals surface area contributed by atoms with Crippen LogP contribution in [0.1, 0.15) is 38.9 Å². The second-order valence-corrected chi connectivity index (χ2v) is 9.53. The number of aryl methyl sites for hydroxylation is 1. The standard InChI is InChI=1S/C31H23Cl2N3O3/c1-2-19-12-8-13-24-27(20-9-4-3-5-10-20)29(35-28(19)24)30(37)36-34-18-21-11-6-7-14-26(21)39-31(38)23-16-15-22(32)17-25(23)33/h3-18,35H,2H2,1H3,(H,36,37). The van der Waals surface area contributed by atoms with Crippen molar-refractivity contribution in [2.75, 3.05) is 0 Å². The predicted octanol–water partition coefficient (Wildman–Crippen LogP) is 7.69. The van der Waals surface area contributed by atoms with Crippen molar-refractivity contribution in [2.45, 2.75) is 13.3 Å². The van der Waals surface area contributed by atoms with Crippen LogP contribution in [-0.4, -0.2) is 23.1 Å². The van der Waals surface area contributed by atoms with Crippen LogP contribution < -0.4 is 10.2 Å². The molecule has 2 N–H and O–H groups in total. The normalized spacial score (nSPS) is 11.2. The number of benzene rings is 4. The van der Waals surface area contributed by atoms with E-state index in [1.165, 1.54) is 18.3 Å². The van der Waals surface area contributed by atoms with Crippen molar-refractivity contribution in [2.24, 2.45) is 5.10 Å². The molecule has 0 bridgehead atoms. The van der Waals surface area contributed by atoms with E-state index in [2.05, 4.69) is 22.4 Å². The Morgan fingerprint density at radius 2 is 1.72 bits per heavy atom. The van der Waals surface area contributed by atoms with Crippen LogP contribution in [0.3, 0.4) is 0 Å². The SMILES string of the molecule is CCc1cccc2c(-c3ccccc3)c(C(=O)NN=Cc3ccccc3OC(=O)c3ccc(Cl)cc3Cl)[nH]c12. The number of nitrogens with zero attached hydrogens (tertiary/aromatic N) is 1. The predicted molar refractivity (Wildman–Crippen MR) is 156 cm³/mol. The van der Waals surface area contributed by atoms with Gasteiger partial charge in [-0.3, -0.25) is 4.79 Å². The van der Waals surface area contributed by atoms with Crippen LogP contribution in [0.4, 0.5) is 0 Å². The molecule has 0 radical (unpaired) electrons. The molecular formula is C31H23Cl2N3O3. The summed E-state index contributed by atoms with van der Waals surface area (Å²) in [5.74, 6) is -0.778. The zero-order valence-corrected chi connectivity index (χ0v) is 22.4. The number of hydrazone groups is 1. The fraction of sp³-hybridized carbons (Fsp3) is 0.0645. The van der Waals surface area contributed by atoms with Crippen LogP contribution in [0.2, 0.25) is 10.0 Å². The third kappa shape index (κ3) is 5.58. The minimum atomic E-state index is -0.640. The largest absolute Gasteiger partial charge is 0.422 e. The second-order valence-electron chi connectivity index (χ2n) is 8.68. The lowest BCUT2D eigenvalue weighted by Gasteiger charge is -2.08. The van der Waals surface area contributed by atoms with Gasteiger partial charge in [0.1, 0.15) is 11.4 Å². The van der Waals surface area contributed by atoms with Gasteiger partial charge in [-0.15, -0.1) is 0 Å². The van der Waals surface area contributed by atoms with Crippen LogP contribution in [-0.2, 0) is 6.42 Å². The Hall–Kier alpha value is -4.39. The number of aromatic amines is 1. The Kier molecular flexibility index (Phi) is 7.77. The van der Waals surface area contributed by atoms with Gasteiger partial charge >= 0.3 is 5.97 Å². The maximum absolute atomic E-state index is 13.3. The van der Waals surface area contributed by atoms with Crippen molar-refractivity contribution in [3.05, 3.63) is 123 Å². The first-order valence-electron chi connectivity index (χ1n) is 12.2. The first-order chi connectivity index (χ1) is 19.0. The van der Waals surface area contributed by atoms with E-state index in [0.717, 1.165) is 34.0 Å². The molecule has 0 aliphatic carbocycles. The van der Waals surface area contributed by atoms with Crippen LogP contribution in [0.15, 0.2) is 96.1 Å². The first kappa shape index (κ1) is 26.2. The number of aromatic nitrogens is 1. The lowest BCUT2D eigenvalue weighted by Crippen LogP contribution is -2.19. The number of amides is 1. The first-order valence-corrected chi connectivity index (χ1v) is 13.0. The Labute approximate surface area is 235 Å². The summed E-state index contributed by atoms with van der Waals surface area (Å²) < 4.78 is 5.56. The molecule has 0 spiro atoms. The molecule has 6 nitrogen and oxygen atoms in total. The van der Waals surface area contributed by atoms with Crippen molar-refractivity contribution in [3.63, 3.8) is 0 Å². The number of halogens is 2. The van der Waals surface area contributed by atoms with Crippen LogP contribution >= 0.6 is 23.2 Å². The minimum Gasteiger partial charge on any atom is -0.422 e. The van der Waals surface area contributed by atoms with E-state index in [4.69, 9.17) is 27.9 Å². The number of esters is 1. The molecule has 1 amide bonds. The number of hydrogen-bond donors (Lipinski definition) is 2. The fourth-order valence-electron chi connectivity index (χ4n) is 4.35. The molecule has 4 aromatic carbocycles. The number of para-hydroxylation sites is 2. The lowest BCUT2D eigenvalue weighted by atomic mass is 10.00. The van der Waals surface area contributed by atoms with Crippen molar-refractivity contribution in [1.29, 1.82) is 0 Å². The van der Waals surface area contributed by atoms with E-state index >= 15 is 0 Å². The average molecular weight is 556 g/mol. The summed E-state index contributed by atoms with van der Waals surface area (Å²) in [7, 11) is 0. The van der Waals surface area contributed by atoms with Crippen molar-refractivity contribution < 1.29 is 14.3 Å². The third-order valence-electron chi connectivity index (χ3n) is 6.23. The molecule has 39 heavy (non-hydrogen) atoms. The molecule has 5 rings (SSSR count). The van der Waals surface area contributed by atoms with Gasteiger partial charge < -0.3 is 9.72 Å². The molecule has 0 fully saturated rings. The molecule has 0 atom stereocenters. The molecule has 0 aliphatic heterocycles. The summed E-state index contributed by atoms with van der Waals surface area (Å²) in [4.78, 5) is 29.4. The summed E-state index contributed by atoms with van der Waals surface area (Å²) in [6.07, 6.45) is 2.24. The molecule has 194 valence electrons. The number of hydrogen-bond acceptors (Lipinski definition) is 4.